The van der Waals surface area contributed by atoms with Crippen LogP contribution in [0.15, 0.2) is 0 Å². The second kappa shape index (κ2) is 4.81. The molecule has 88 valence electrons. The molecule has 2 rings (SSSR count). The highest BCUT2D eigenvalue weighted by molar-refractivity contribution is 4.95. The monoisotopic (exact) mass is 213 g/mol. The van der Waals surface area contributed by atoms with Crippen LogP contribution in [0.1, 0.15) is 39.0 Å². The molecule has 1 saturated carbocycles. The fourth-order valence-electron chi connectivity index (χ4n) is 2.87. The normalized spacial score (nSPS) is 32.0. The Morgan fingerprint density at radius 1 is 1.33 bits per heavy atom. The van der Waals surface area contributed by atoms with Gasteiger partial charge in [0, 0.05) is 24.1 Å². The molecule has 2 N–H and O–H groups in total. The smallest absolute Gasteiger partial charge is 0.0614 e. The van der Waals surface area contributed by atoms with E-state index in [1.54, 1.807) is 0 Å². The summed E-state index contributed by atoms with van der Waals surface area (Å²) in [5.74, 6) is 0.475. The lowest BCUT2D eigenvalue weighted by Crippen LogP contribution is -2.55. The van der Waals surface area contributed by atoms with Gasteiger partial charge in [-0.3, -0.25) is 0 Å². The van der Waals surface area contributed by atoms with E-state index in [2.05, 4.69) is 12.2 Å². The SMILES string of the molecule is CC(CO)(NC1CCCC1)C1CCOC1. The number of hydrogen-bond donors (Lipinski definition) is 2. The van der Waals surface area contributed by atoms with Crippen molar-refractivity contribution < 1.29 is 9.84 Å². The van der Waals surface area contributed by atoms with Gasteiger partial charge >= 0.3 is 0 Å². The number of rotatable bonds is 4. The van der Waals surface area contributed by atoms with Crippen LogP contribution in [0.3, 0.4) is 0 Å². The zero-order valence-corrected chi connectivity index (χ0v) is 9.67. The molecule has 2 aliphatic rings. The molecule has 15 heavy (non-hydrogen) atoms. The highest BCUT2D eigenvalue weighted by atomic mass is 16.5. The molecule has 0 amide bonds. The zero-order valence-electron chi connectivity index (χ0n) is 9.67. The van der Waals surface area contributed by atoms with E-state index in [0.29, 0.717) is 12.0 Å². The lowest BCUT2D eigenvalue weighted by Gasteiger charge is -2.37. The van der Waals surface area contributed by atoms with Crippen LogP contribution in [0.25, 0.3) is 0 Å². The lowest BCUT2D eigenvalue weighted by molar-refractivity contribution is 0.0908. The number of ether oxygens (including phenoxy) is 1. The highest BCUT2D eigenvalue weighted by Gasteiger charge is 2.38. The minimum Gasteiger partial charge on any atom is -0.394 e. The van der Waals surface area contributed by atoms with Crippen LogP contribution in [0.4, 0.5) is 0 Å². The number of nitrogens with one attached hydrogen (secondary N) is 1. The van der Waals surface area contributed by atoms with Crippen molar-refractivity contribution in [1.82, 2.24) is 5.32 Å². The van der Waals surface area contributed by atoms with Gasteiger partial charge in [0.15, 0.2) is 0 Å². The Balaban J connectivity index is 1.93. The summed E-state index contributed by atoms with van der Waals surface area (Å²) in [5, 5.41) is 13.2. The van der Waals surface area contributed by atoms with Crippen molar-refractivity contribution in [2.24, 2.45) is 5.92 Å². The molecule has 0 radical (unpaired) electrons. The van der Waals surface area contributed by atoms with Crippen LogP contribution in [0, 0.1) is 5.92 Å². The second-order valence-electron chi connectivity index (χ2n) is 5.26. The van der Waals surface area contributed by atoms with Gasteiger partial charge in [-0.2, -0.15) is 0 Å². The van der Waals surface area contributed by atoms with Gasteiger partial charge in [0.2, 0.25) is 0 Å². The van der Waals surface area contributed by atoms with Gasteiger partial charge in [-0.05, 0) is 26.2 Å². The van der Waals surface area contributed by atoms with Gasteiger partial charge in [-0.1, -0.05) is 12.8 Å². The summed E-state index contributed by atoms with van der Waals surface area (Å²) >= 11 is 0. The first kappa shape index (κ1) is 11.4. The number of aliphatic hydroxyl groups is 1. The van der Waals surface area contributed by atoms with Gasteiger partial charge < -0.3 is 15.2 Å². The van der Waals surface area contributed by atoms with E-state index in [0.717, 1.165) is 19.6 Å². The molecule has 0 spiro atoms. The van der Waals surface area contributed by atoms with E-state index in [9.17, 15) is 5.11 Å². The van der Waals surface area contributed by atoms with Crippen molar-refractivity contribution in [3.8, 4) is 0 Å². The summed E-state index contributed by atoms with van der Waals surface area (Å²) in [5.41, 5.74) is -0.133. The van der Waals surface area contributed by atoms with E-state index >= 15 is 0 Å². The minimum absolute atomic E-state index is 0.133. The van der Waals surface area contributed by atoms with Crippen molar-refractivity contribution in [2.45, 2.75) is 50.6 Å². The standard InChI is InChI=1S/C12H23NO2/c1-12(9-14,10-6-7-15-8-10)13-11-4-2-3-5-11/h10-11,13-14H,2-9H2,1H3. The van der Waals surface area contributed by atoms with Crippen LogP contribution in [0.2, 0.25) is 0 Å². The molecular formula is C12H23NO2. The molecule has 0 aromatic heterocycles. The van der Waals surface area contributed by atoms with Crippen molar-refractivity contribution in [1.29, 1.82) is 0 Å². The Morgan fingerprint density at radius 3 is 2.60 bits per heavy atom. The molecule has 0 aromatic rings. The fourth-order valence-corrected chi connectivity index (χ4v) is 2.87. The molecule has 1 aliphatic carbocycles. The third-order valence-corrected chi connectivity index (χ3v) is 4.05. The number of hydrogen-bond acceptors (Lipinski definition) is 3. The molecule has 2 atom stereocenters. The topological polar surface area (TPSA) is 41.5 Å². The Bertz CT molecular complexity index is 198. The van der Waals surface area contributed by atoms with E-state index in [4.69, 9.17) is 4.74 Å². The van der Waals surface area contributed by atoms with Crippen molar-refractivity contribution in [3.05, 3.63) is 0 Å². The third kappa shape index (κ3) is 2.52. The van der Waals surface area contributed by atoms with Gasteiger partial charge in [-0.25, -0.2) is 0 Å². The summed E-state index contributed by atoms with van der Waals surface area (Å²) in [6.07, 6.45) is 6.28. The summed E-state index contributed by atoms with van der Waals surface area (Å²) < 4.78 is 5.42. The maximum atomic E-state index is 9.59. The van der Waals surface area contributed by atoms with Crippen molar-refractivity contribution in [2.75, 3.05) is 19.8 Å². The van der Waals surface area contributed by atoms with Crippen molar-refractivity contribution >= 4 is 0 Å². The van der Waals surface area contributed by atoms with Crippen LogP contribution >= 0.6 is 0 Å². The fraction of sp³-hybridized carbons (Fsp3) is 1.00. The Morgan fingerprint density at radius 2 is 2.07 bits per heavy atom. The first-order valence-electron chi connectivity index (χ1n) is 6.21. The van der Waals surface area contributed by atoms with E-state index in [-0.39, 0.29) is 12.1 Å². The molecule has 2 fully saturated rings. The van der Waals surface area contributed by atoms with Gasteiger partial charge in [0.25, 0.3) is 0 Å². The van der Waals surface area contributed by atoms with Crippen molar-refractivity contribution in [3.63, 3.8) is 0 Å². The van der Waals surface area contributed by atoms with E-state index in [1.807, 2.05) is 0 Å². The summed E-state index contributed by atoms with van der Waals surface area (Å²) in [4.78, 5) is 0. The second-order valence-corrected chi connectivity index (χ2v) is 5.26. The Kier molecular flexibility index (Phi) is 3.65. The van der Waals surface area contributed by atoms with Gasteiger partial charge in [0.1, 0.15) is 0 Å². The Hall–Kier alpha value is -0.120. The molecule has 1 saturated heterocycles. The molecule has 3 nitrogen and oxygen atoms in total. The maximum Gasteiger partial charge on any atom is 0.0614 e. The molecule has 1 heterocycles. The van der Waals surface area contributed by atoms with Crippen LogP contribution < -0.4 is 5.32 Å². The zero-order chi connectivity index (χ0) is 10.7. The number of aliphatic hydroxyl groups excluding tert-OH is 1. The van der Waals surface area contributed by atoms with E-state index < -0.39 is 0 Å². The van der Waals surface area contributed by atoms with E-state index in [1.165, 1.54) is 25.7 Å². The predicted octanol–water partition coefficient (Wildman–Crippen LogP) is 1.31. The average molecular weight is 213 g/mol. The first-order valence-corrected chi connectivity index (χ1v) is 6.21. The molecule has 1 aliphatic heterocycles. The predicted molar refractivity (Wildman–Crippen MR) is 59.8 cm³/mol. The third-order valence-electron chi connectivity index (χ3n) is 4.05. The Labute approximate surface area is 92.2 Å². The summed E-state index contributed by atoms with van der Waals surface area (Å²) in [7, 11) is 0. The van der Waals surface area contributed by atoms with Gasteiger partial charge in [-0.15, -0.1) is 0 Å². The van der Waals surface area contributed by atoms with Crippen LogP contribution in [0.5, 0.6) is 0 Å². The summed E-state index contributed by atoms with van der Waals surface area (Å²) in [6.45, 7) is 4.02. The lowest BCUT2D eigenvalue weighted by atomic mass is 9.84. The molecule has 0 bridgehead atoms. The average Bonchev–Trinajstić information content (AvgIpc) is 2.89. The van der Waals surface area contributed by atoms with Crippen LogP contribution in [-0.4, -0.2) is 36.5 Å². The molecule has 0 aromatic carbocycles. The molecule has 3 heteroatoms. The quantitative estimate of drug-likeness (QED) is 0.740. The highest BCUT2D eigenvalue weighted by Crippen LogP contribution is 2.28. The molecular weight excluding hydrogens is 190 g/mol. The van der Waals surface area contributed by atoms with Gasteiger partial charge in [0.05, 0.1) is 13.2 Å². The minimum atomic E-state index is -0.133. The largest absolute Gasteiger partial charge is 0.394 e. The molecule has 2 unspecified atom stereocenters. The van der Waals surface area contributed by atoms with Crippen LogP contribution in [-0.2, 0) is 4.74 Å². The summed E-state index contributed by atoms with van der Waals surface area (Å²) in [6, 6.07) is 0.614. The maximum absolute atomic E-state index is 9.59. The first-order chi connectivity index (χ1) is 7.24.